The maximum atomic E-state index is 11.5. The van der Waals surface area contributed by atoms with Gasteiger partial charge in [-0.05, 0) is 41.5 Å². The number of benzene rings is 1. The van der Waals surface area contributed by atoms with E-state index in [1.807, 2.05) is 6.92 Å². The van der Waals surface area contributed by atoms with Crippen LogP contribution in [0.1, 0.15) is 15.9 Å². The van der Waals surface area contributed by atoms with E-state index >= 15 is 0 Å². The van der Waals surface area contributed by atoms with Crippen LogP contribution in [0.4, 0.5) is 0 Å². The van der Waals surface area contributed by atoms with E-state index in [4.69, 9.17) is 0 Å². The number of phenols is 1. The topological polar surface area (TPSA) is 49.3 Å². The summed E-state index contributed by atoms with van der Waals surface area (Å²) in [5.74, 6) is -0.101. The van der Waals surface area contributed by atoms with Gasteiger partial charge in [-0.25, -0.2) is 0 Å². The van der Waals surface area contributed by atoms with Gasteiger partial charge in [0.05, 0.1) is 16.6 Å². The standard InChI is InChI=1S/C10H12BrNO2/c1-6-3-4-7(8(13)5-12-2)10(14)9(6)11/h3-4,12,14H,5H2,1-2H3. The van der Waals surface area contributed by atoms with Crippen molar-refractivity contribution in [3.63, 3.8) is 0 Å². The fourth-order valence-corrected chi connectivity index (χ4v) is 1.49. The summed E-state index contributed by atoms with van der Waals surface area (Å²) in [5, 5.41) is 12.4. The summed E-state index contributed by atoms with van der Waals surface area (Å²) < 4.78 is 0.583. The summed E-state index contributed by atoms with van der Waals surface area (Å²) in [7, 11) is 1.69. The van der Waals surface area contributed by atoms with Gasteiger partial charge in [-0.3, -0.25) is 4.79 Å². The van der Waals surface area contributed by atoms with Crippen molar-refractivity contribution in [3.8, 4) is 5.75 Å². The molecule has 0 radical (unpaired) electrons. The average Bonchev–Trinajstić information content (AvgIpc) is 2.15. The zero-order valence-corrected chi connectivity index (χ0v) is 9.68. The molecule has 14 heavy (non-hydrogen) atoms. The predicted molar refractivity (Wildman–Crippen MR) is 58.8 cm³/mol. The van der Waals surface area contributed by atoms with Gasteiger partial charge in [0.25, 0.3) is 0 Å². The van der Waals surface area contributed by atoms with Crippen LogP contribution in [-0.2, 0) is 0 Å². The van der Waals surface area contributed by atoms with Gasteiger partial charge in [0.1, 0.15) is 5.75 Å². The molecule has 1 aromatic rings. The number of aryl methyl sites for hydroxylation is 1. The molecule has 0 amide bonds. The first-order valence-electron chi connectivity index (χ1n) is 4.23. The second-order valence-corrected chi connectivity index (χ2v) is 3.84. The molecular formula is C10H12BrNO2. The normalized spacial score (nSPS) is 10.2. The van der Waals surface area contributed by atoms with Crippen LogP contribution in [0.5, 0.6) is 5.75 Å². The Balaban J connectivity index is 3.11. The largest absolute Gasteiger partial charge is 0.506 e. The summed E-state index contributed by atoms with van der Waals surface area (Å²) in [6.07, 6.45) is 0. The molecule has 0 aliphatic heterocycles. The number of likely N-dealkylation sites (N-methyl/N-ethyl adjacent to an activating group) is 1. The highest BCUT2D eigenvalue weighted by Gasteiger charge is 2.13. The van der Waals surface area contributed by atoms with Gasteiger partial charge in [-0.2, -0.15) is 0 Å². The van der Waals surface area contributed by atoms with Gasteiger partial charge in [0.2, 0.25) is 0 Å². The molecule has 0 spiro atoms. The number of hydrogen-bond donors (Lipinski definition) is 2. The Hall–Kier alpha value is -0.870. The van der Waals surface area contributed by atoms with Crippen molar-refractivity contribution in [2.45, 2.75) is 6.92 Å². The number of ketones is 1. The number of nitrogens with one attached hydrogen (secondary N) is 1. The minimum atomic E-state index is -0.120. The first kappa shape index (κ1) is 11.2. The number of rotatable bonds is 3. The van der Waals surface area contributed by atoms with Crippen LogP contribution in [-0.4, -0.2) is 24.5 Å². The lowest BCUT2D eigenvalue weighted by molar-refractivity contribution is 0.0991. The molecule has 4 heteroatoms. The first-order valence-corrected chi connectivity index (χ1v) is 5.03. The van der Waals surface area contributed by atoms with Crippen molar-refractivity contribution >= 4 is 21.7 Å². The van der Waals surface area contributed by atoms with Gasteiger partial charge in [0, 0.05) is 0 Å². The van der Waals surface area contributed by atoms with Gasteiger partial charge in [-0.15, -0.1) is 0 Å². The monoisotopic (exact) mass is 257 g/mol. The smallest absolute Gasteiger partial charge is 0.180 e. The van der Waals surface area contributed by atoms with Crippen molar-refractivity contribution in [2.75, 3.05) is 13.6 Å². The number of hydrogen-bond acceptors (Lipinski definition) is 3. The van der Waals surface area contributed by atoms with E-state index in [9.17, 15) is 9.90 Å². The molecule has 0 saturated carbocycles. The third-order valence-electron chi connectivity index (χ3n) is 1.95. The highest BCUT2D eigenvalue weighted by molar-refractivity contribution is 9.10. The third kappa shape index (κ3) is 2.13. The number of phenolic OH excluding ortho intramolecular Hbond substituents is 1. The van der Waals surface area contributed by atoms with E-state index in [1.165, 1.54) is 0 Å². The maximum Gasteiger partial charge on any atom is 0.180 e. The number of carbonyl (C=O) groups is 1. The Labute approximate surface area is 91.3 Å². The third-order valence-corrected chi connectivity index (χ3v) is 2.95. The fraction of sp³-hybridized carbons (Fsp3) is 0.300. The fourth-order valence-electron chi connectivity index (χ4n) is 1.15. The molecule has 3 nitrogen and oxygen atoms in total. The van der Waals surface area contributed by atoms with Crippen LogP contribution in [0.2, 0.25) is 0 Å². The first-order chi connectivity index (χ1) is 6.57. The van der Waals surface area contributed by atoms with E-state index < -0.39 is 0 Å². The molecular weight excluding hydrogens is 246 g/mol. The Bertz CT molecular complexity index is 363. The van der Waals surface area contributed by atoms with E-state index in [0.717, 1.165) is 5.56 Å². The number of Topliss-reactive ketones (excluding diaryl/α,β-unsaturated/α-hetero) is 1. The summed E-state index contributed by atoms with van der Waals surface area (Å²) in [6, 6.07) is 3.43. The van der Waals surface area contributed by atoms with Crippen molar-refractivity contribution in [1.29, 1.82) is 0 Å². The van der Waals surface area contributed by atoms with Crippen molar-refractivity contribution < 1.29 is 9.90 Å². The molecule has 0 saturated heterocycles. The van der Waals surface area contributed by atoms with Crippen molar-refractivity contribution in [2.24, 2.45) is 0 Å². The SMILES string of the molecule is CNCC(=O)c1ccc(C)c(Br)c1O. The minimum absolute atomic E-state index is 0.0188. The molecule has 0 atom stereocenters. The molecule has 0 bridgehead atoms. The van der Waals surface area contributed by atoms with E-state index in [1.54, 1.807) is 19.2 Å². The van der Waals surface area contributed by atoms with Crippen LogP contribution < -0.4 is 5.32 Å². The van der Waals surface area contributed by atoms with Crippen LogP contribution >= 0.6 is 15.9 Å². The van der Waals surface area contributed by atoms with Crippen LogP contribution in [0, 0.1) is 6.92 Å². The Morgan fingerprint density at radius 1 is 1.57 bits per heavy atom. The molecule has 0 aromatic heterocycles. The number of halogens is 1. The molecule has 0 fully saturated rings. The Morgan fingerprint density at radius 2 is 2.21 bits per heavy atom. The molecule has 76 valence electrons. The average molecular weight is 258 g/mol. The van der Waals surface area contributed by atoms with E-state index in [-0.39, 0.29) is 18.1 Å². The van der Waals surface area contributed by atoms with Gasteiger partial charge < -0.3 is 10.4 Å². The van der Waals surface area contributed by atoms with E-state index in [2.05, 4.69) is 21.2 Å². The summed E-state index contributed by atoms with van der Waals surface area (Å²) in [5.41, 5.74) is 1.25. The maximum absolute atomic E-state index is 11.5. The molecule has 1 rings (SSSR count). The van der Waals surface area contributed by atoms with E-state index in [0.29, 0.717) is 10.0 Å². The van der Waals surface area contributed by atoms with Crippen LogP contribution in [0.3, 0.4) is 0 Å². The quantitative estimate of drug-likeness (QED) is 0.813. The van der Waals surface area contributed by atoms with Gasteiger partial charge in [0.15, 0.2) is 5.78 Å². The number of aromatic hydroxyl groups is 1. The summed E-state index contributed by atoms with van der Waals surface area (Å²) >= 11 is 3.23. The lowest BCUT2D eigenvalue weighted by atomic mass is 10.1. The predicted octanol–water partition coefficient (Wildman–Crippen LogP) is 1.87. The lowest BCUT2D eigenvalue weighted by Gasteiger charge is -2.07. The highest BCUT2D eigenvalue weighted by Crippen LogP contribution is 2.30. The minimum Gasteiger partial charge on any atom is -0.506 e. The molecule has 0 aliphatic carbocycles. The Morgan fingerprint density at radius 3 is 2.79 bits per heavy atom. The highest BCUT2D eigenvalue weighted by atomic mass is 79.9. The van der Waals surface area contributed by atoms with Crippen LogP contribution in [0.15, 0.2) is 16.6 Å². The second kappa shape index (κ2) is 4.57. The summed E-state index contributed by atoms with van der Waals surface area (Å²) in [6.45, 7) is 2.08. The lowest BCUT2D eigenvalue weighted by Crippen LogP contribution is -2.18. The molecule has 0 heterocycles. The zero-order valence-electron chi connectivity index (χ0n) is 8.10. The second-order valence-electron chi connectivity index (χ2n) is 3.05. The number of carbonyl (C=O) groups excluding carboxylic acids is 1. The molecule has 1 aromatic carbocycles. The Kier molecular flexibility index (Phi) is 3.66. The molecule has 0 aliphatic rings. The molecule has 0 unspecified atom stereocenters. The molecule has 2 N–H and O–H groups in total. The van der Waals surface area contributed by atoms with Gasteiger partial charge >= 0.3 is 0 Å². The van der Waals surface area contributed by atoms with Crippen molar-refractivity contribution in [1.82, 2.24) is 5.32 Å². The zero-order chi connectivity index (χ0) is 10.7. The van der Waals surface area contributed by atoms with Crippen LogP contribution in [0.25, 0.3) is 0 Å². The van der Waals surface area contributed by atoms with Gasteiger partial charge in [-0.1, -0.05) is 6.07 Å². The summed E-state index contributed by atoms with van der Waals surface area (Å²) in [4.78, 5) is 11.5. The van der Waals surface area contributed by atoms with Crippen molar-refractivity contribution in [3.05, 3.63) is 27.7 Å².